The van der Waals surface area contributed by atoms with Gasteiger partial charge in [0.2, 0.25) is 0 Å². The average Bonchev–Trinajstić information content (AvgIpc) is 2.28. The van der Waals surface area contributed by atoms with Gasteiger partial charge in [0.1, 0.15) is 0 Å². The van der Waals surface area contributed by atoms with Gasteiger partial charge in [-0.2, -0.15) is 0 Å². The zero-order valence-electron chi connectivity index (χ0n) is 9.27. The van der Waals surface area contributed by atoms with E-state index < -0.39 is 11.6 Å². The van der Waals surface area contributed by atoms with E-state index in [-0.39, 0.29) is 0 Å². The molecule has 0 aromatic heterocycles. The maximum atomic E-state index is 12.9. The van der Waals surface area contributed by atoms with Gasteiger partial charge in [0, 0.05) is 18.5 Å². The lowest BCUT2D eigenvalue weighted by Gasteiger charge is -2.13. The molecule has 0 saturated carbocycles. The summed E-state index contributed by atoms with van der Waals surface area (Å²) in [6.45, 7) is 2.59. The van der Waals surface area contributed by atoms with Crippen LogP contribution in [-0.2, 0) is 6.54 Å². The summed E-state index contributed by atoms with van der Waals surface area (Å²) in [7, 11) is 0. The Balaban J connectivity index is 2.39. The molecule has 16 heavy (non-hydrogen) atoms. The van der Waals surface area contributed by atoms with Gasteiger partial charge in [-0.05, 0) is 37.5 Å². The Hall–Kier alpha value is -0.670. The van der Waals surface area contributed by atoms with Crippen molar-refractivity contribution in [3.05, 3.63) is 35.4 Å². The molecule has 0 aliphatic carbocycles. The van der Waals surface area contributed by atoms with Crippen LogP contribution in [0.4, 0.5) is 8.78 Å². The fourth-order valence-electron chi connectivity index (χ4n) is 1.43. The van der Waals surface area contributed by atoms with Crippen molar-refractivity contribution in [2.75, 3.05) is 5.88 Å². The molecule has 4 heteroatoms. The van der Waals surface area contributed by atoms with Gasteiger partial charge in [-0.15, -0.1) is 11.6 Å². The SMILES string of the molecule is CC(CCCCl)NCc1ccc(F)c(F)c1. The summed E-state index contributed by atoms with van der Waals surface area (Å²) >= 11 is 5.58. The van der Waals surface area contributed by atoms with Crippen molar-refractivity contribution in [3.8, 4) is 0 Å². The number of halogens is 3. The maximum absolute atomic E-state index is 12.9. The van der Waals surface area contributed by atoms with Crippen LogP contribution in [-0.4, -0.2) is 11.9 Å². The highest BCUT2D eigenvalue weighted by atomic mass is 35.5. The normalized spacial score (nSPS) is 12.8. The molecule has 1 rings (SSSR count). The quantitative estimate of drug-likeness (QED) is 0.759. The van der Waals surface area contributed by atoms with Crippen LogP contribution in [0.2, 0.25) is 0 Å². The minimum Gasteiger partial charge on any atom is -0.310 e. The van der Waals surface area contributed by atoms with Gasteiger partial charge in [-0.1, -0.05) is 6.07 Å². The summed E-state index contributed by atoms with van der Waals surface area (Å²) in [6, 6.07) is 4.28. The Morgan fingerprint density at radius 1 is 1.31 bits per heavy atom. The lowest BCUT2D eigenvalue weighted by Crippen LogP contribution is -2.25. The first-order chi connectivity index (χ1) is 7.63. The highest BCUT2D eigenvalue weighted by Crippen LogP contribution is 2.09. The van der Waals surface area contributed by atoms with Crippen LogP contribution in [0, 0.1) is 11.6 Å². The smallest absolute Gasteiger partial charge is 0.159 e. The van der Waals surface area contributed by atoms with Gasteiger partial charge < -0.3 is 5.32 Å². The molecule has 0 bridgehead atoms. The molecule has 1 unspecified atom stereocenters. The van der Waals surface area contributed by atoms with Crippen LogP contribution in [0.25, 0.3) is 0 Å². The molecular weight excluding hydrogens is 232 g/mol. The van der Waals surface area contributed by atoms with Crippen molar-refractivity contribution >= 4 is 11.6 Å². The van der Waals surface area contributed by atoms with E-state index in [9.17, 15) is 8.78 Å². The molecule has 1 nitrogen and oxygen atoms in total. The molecule has 0 spiro atoms. The number of rotatable bonds is 6. The number of benzene rings is 1. The van der Waals surface area contributed by atoms with E-state index >= 15 is 0 Å². The Kier molecular flexibility index (Phi) is 5.71. The van der Waals surface area contributed by atoms with Crippen molar-refractivity contribution in [1.29, 1.82) is 0 Å². The number of hydrogen-bond acceptors (Lipinski definition) is 1. The molecular formula is C12H16ClF2N. The lowest BCUT2D eigenvalue weighted by atomic mass is 10.1. The van der Waals surface area contributed by atoms with Crippen LogP contribution >= 0.6 is 11.6 Å². The van der Waals surface area contributed by atoms with Crippen LogP contribution in [0.5, 0.6) is 0 Å². The minimum atomic E-state index is -0.807. The zero-order chi connectivity index (χ0) is 12.0. The lowest BCUT2D eigenvalue weighted by molar-refractivity contribution is 0.494. The Morgan fingerprint density at radius 3 is 2.69 bits per heavy atom. The molecule has 0 fully saturated rings. The van der Waals surface area contributed by atoms with E-state index in [4.69, 9.17) is 11.6 Å². The van der Waals surface area contributed by atoms with Crippen molar-refractivity contribution in [1.82, 2.24) is 5.32 Å². The Labute approximate surface area is 99.8 Å². The van der Waals surface area contributed by atoms with Crippen molar-refractivity contribution in [3.63, 3.8) is 0 Å². The van der Waals surface area contributed by atoms with E-state index in [0.717, 1.165) is 24.5 Å². The topological polar surface area (TPSA) is 12.0 Å². The molecule has 0 amide bonds. The molecule has 90 valence electrons. The predicted molar refractivity (Wildman–Crippen MR) is 62.6 cm³/mol. The second-order valence-corrected chi connectivity index (χ2v) is 4.24. The molecule has 1 N–H and O–H groups in total. The third-order valence-electron chi connectivity index (χ3n) is 2.41. The molecule has 0 radical (unpaired) electrons. The third kappa shape index (κ3) is 4.45. The van der Waals surface area contributed by atoms with Gasteiger partial charge >= 0.3 is 0 Å². The van der Waals surface area contributed by atoms with E-state index in [1.165, 1.54) is 6.07 Å². The maximum Gasteiger partial charge on any atom is 0.159 e. The average molecular weight is 248 g/mol. The molecule has 0 heterocycles. The van der Waals surface area contributed by atoms with Gasteiger partial charge in [0.15, 0.2) is 11.6 Å². The summed E-state index contributed by atoms with van der Waals surface area (Å²) in [5.41, 5.74) is 0.747. The molecule has 0 aliphatic heterocycles. The molecule has 0 saturated heterocycles. The van der Waals surface area contributed by atoms with Crippen LogP contribution < -0.4 is 5.32 Å². The first kappa shape index (κ1) is 13.4. The number of nitrogens with one attached hydrogen (secondary N) is 1. The predicted octanol–water partition coefficient (Wildman–Crippen LogP) is 3.46. The largest absolute Gasteiger partial charge is 0.310 e. The van der Waals surface area contributed by atoms with Crippen LogP contribution in [0.3, 0.4) is 0 Å². The monoisotopic (exact) mass is 247 g/mol. The Bertz CT molecular complexity index is 331. The summed E-state index contributed by atoms with van der Waals surface area (Å²) in [4.78, 5) is 0. The van der Waals surface area contributed by atoms with E-state index in [0.29, 0.717) is 18.5 Å². The minimum absolute atomic E-state index is 0.326. The number of alkyl halides is 1. The van der Waals surface area contributed by atoms with Gasteiger partial charge in [0.25, 0.3) is 0 Å². The van der Waals surface area contributed by atoms with E-state index in [1.807, 2.05) is 6.92 Å². The first-order valence-corrected chi connectivity index (χ1v) is 5.90. The fraction of sp³-hybridized carbons (Fsp3) is 0.500. The van der Waals surface area contributed by atoms with Gasteiger partial charge in [-0.3, -0.25) is 0 Å². The third-order valence-corrected chi connectivity index (χ3v) is 2.68. The zero-order valence-corrected chi connectivity index (χ0v) is 10.0. The Morgan fingerprint density at radius 2 is 2.06 bits per heavy atom. The summed E-state index contributed by atoms with van der Waals surface area (Å²) < 4.78 is 25.5. The van der Waals surface area contributed by atoms with Crippen molar-refractivity contribution in [2.24, 2.45) is 0 Å². The second-order valence-electron chi connectivity index (χ2n) is 3.86. The summed E-state index contributed by atoms with van der Waals surface area (Å²) in [5.74, 6) is -0.955. The van der Waals surface area contributed by atoms with Crippen molar-refractivity contribution < 1.29 is 8.78 Å². The number of hydrogen-bond donors (Lipinski definition) is 1. The second kappa shape index (κ2) is 6.81. The highest BCUT2D eigenvalue weighted by Gasteiger charge is 2.04. The van der Waals surface area contributed by atoms with E-state index in [2.05, 4.69) is 5.32 Å². The van der Waals surface area contributed by atoms with Gasteiger partial charge in [-0.25, -0.2) is 8.78 Å². The van der Waals surface area contributed by atoms with E-state index in [1.54, 1.807) is 6.07 Å². The highest BCUT2D eigenvalue weighted by molar-refractivity contribution is 6.17. The van der Waals surface area contributed by atoms with Crippen molar-refractivity contribution in [2.45, 2.75) is 32.4 Å². The fourth-order valence-corrected chi connectivity index (χ4v) is 1.58. The molecule has 1 atom stereocenters. The molecule has 0 aliphatic rings. The molecule has 1 aromatic rings. The van der Waals surface area contributed by atoms with Crippen LogP contribution in [0.1, 0.15) is 25.3 Å². The van der Waals surface area contributed by atoms with Crippen LogP contribution in [0.15, 0.2) is 18.2 Å². The summed E-state index contributed by atoms with van der Waals surface area (Å²) in [5, 5.41) is 3.23. The summed E-state index contributed by atoms with van der Waals surface area (Å²) in [6.07, 6.45) is 1.93. The van der Waals surface area contributed by atoms with Gasteiger partial charge in [0.05, 0.1) is 0 Å². The standard InChI is InChI=1S/C12H16ClF2N/c1-9(3-2-6-13)16-8-10-4-5-11(14)12(15)7-10/h4-5,7,9,16H,2-3,6,8H2,1H3. The first-order valence-electron chi connectivity index (χ1n) is 5.36. The molecule has 1 aromatic carbocycles.